The van der Waals surface area contributed by atoms with Gasteiger partial charge in [-0.3, -0.25) is 4.79 Å². The number of hydrogen-bond donors (Lipinski definition) is 2. The van der Waals surface area contributed by atoms with Crippen LogP contribution in [0.5, 0.6) is 0 Å². The average Bonchev–Trinajstić information content (AvgIpc) is 2.72. The fourth-order valence-corrected chi connectivity index (χ4v) is 3.40. The van der Waals surface area contributed by atoms with Gasteiger partial charge in [-0.1, -0.05) is 6.58 Å². The second-order valence-electron chi connectivity index (χ2n) is 7.02. The zero-order valence-electron chi connectivity index (χ0n) is 16.3. The number of anilines is 2. The molecule has 1 saturated heterocycles. The van der Waals surface area contributed by atoms with Gasteiger partial charge in [0, 0.05) is 42.2 Å². The predicted molar refractivity (Wildman–Crippen MR) is 111 cm³/mol. The van der Waals surface area contributed by atoms with Crippen molar-refractivity contribution in [2.75, 3.05) is 36.5 Å². The molecular weight excluding hydrogens is 410 g/mol. The molecule has 3 aromatic rings. The van der Waals surface area contributed by atoms with Crippen LogP contribution in [0.4, 0.5) is 20.4 Å². The number of nitrogens with one attached hydrogen (secondary N) is 1. The third-order valence-corrected chi connectivity index (χ3v) is 4.87. The molecule has 0 aliphatic carbocycles. The van der Waals surface area contributed by atoms with Gasteiger partial charge in [-0.15, -0.1) is 0 Å². The zero-order valence-corrected chi connectivity index (χ0v) is 16.3. The van der Waals surface area contributed by atoms with E-state index in [0.717, 1.165) is 18.2 Å². The first-order valence-electron chi connectivity index (χ1n) is 9.42. The first kappa shape index (κ1) is 20.5. The van der Waals surface area contributed by atoms with Crippen LogP contribution in [-0.4, -0.2) is 37.4 Å². The SMILES string of the molecule is C=C(Nc1cc(F)cc(F)c1)c1cc(C(=O)O)cc2c(=O)cc(N3CCOCC3)oc12. The van der Waals surface area contributed by atoms with Crippen LogP contribution in [0, 0.1) is 11.6 Å². The highest BCUT2D eigenvalue weighted by Crippen LogP contribution is 2.29. The number of benzene rings is 2. The Kier molecular flexibility index (Phi) is 5.43. The highest BCUT2D eigenvalue weighted by Gasteiger charge is 2.20. The van der Waals surface area contributed by atoms with Gasteiger partial charge in [-0.2, -0.15) is 0 Å². The van der Waals surface area contributed by atoms with Gasteiger partial charge in [0.1, 0.15) is 17.2 Å². The summed E-state index contributed by atoms with van der Waals surface area (Å²) < 4.78 is 38.4. The Morgan fingerprint density at radius 2 is 1.74 bits per heavy atom. The molecule has 160 valence electrons. The summed E-state index contributed by atoms with van der Waals surface area (Å²) in [5.41, 5.74) is -0.0810. The smallest absolute Gasteiger partial charge is 0.335 e. The van der Waals surface area contributed by atoms with E-state index in [9.17, 15) is 23.5 Å². The highest BCUT2D eigenvalue weighted by molar-refractivity contribution is 5.99. The van der Waals surface area contributed by atoms with Crippen molar-refractivity contribution in [2.24, 2.45) is 0 Å². The van der Waals surface area contributed by atoms with E-state index in [2.05, 4.69) is 11.9 Å². The number of hydrogen-bond acceptors (Lipinski definition) is 6. The first-order chi connectivity index (χ1) is 14.8. The molecule has 2 N–H and O–H groups in total. The summed E-state index contributed by atoms with van der Waals surface area (Å²) in [4.78, 5) is 26.2. The van der Waals surface area contributed by atoms with Crippen LogP contribution in [0.25, 0.3) is 16.7 Å². The summed E-state index contributed by atoms with van der Waals surface area (Å²) in [6, 6.07) is 6.68. The number of rotatable bonds is 5. The van der Waals surface area contributed by atoms with Crippen LogP contribution < -0.4 is 15.6 Å². The van der Waals surface area contributed by atoms with Crippen LogP contribution in [0.2, 0.25) is 0 Å². The third-order valence-electron chi connectivity index (χ3n) is 4.87. The van der Waals surface area contributed by atoms with Crippen LogP contribution >= 0.6 is 0 Å². The largest absolute Gasteiger partial charge is 0.478 e. The molecule has 7 nitrogen and oxygen atoms in total. The lowest BCUT2D eigenvalue weighted by molar-refractivity contribution is 0.0697. The number of fused-ring (bicyclic) bond motifs is 1. The van der Waals surface area contributed by atoms with Crippen molar-refractivity contribution in [1.82, 2.24) is 0 Å². The monoisotopic (exact) mass is 428 g/mol. The standard InChI is InChI=1S/C22H18F2N2O5/c1-12(25-16-9-14(23)8-15(24)10-16)17-6-13(22(28)29)7-18-19(27)11-20(31-21(17)18)26-2-4-30-5-3-26/h6-11,25H,1-5H2,(H,28,29). The minimum Gasteiger partial charge on any atom is -0.478 e. The van der Waals surface area contributed by atoms with E-state index < -0.39 is 23.0 Å². The van der Waals surface area contributed by atoms with Gasteiger partial charge in [0.05, 0.1) is 24.2 Å². The molecule has 0 saturated carbocycles. The van der Waals surface area contributed by atoms with Gasteiger partial charge in [-0.25, -0.2) is 13.6 Å². The van der Waals surface area contributed by atoms with Crippen LogP contribution in [-0.2, 0) is 4.74 Å². The number of nitrogens with zero attached hydrogens (tertiary/aromatic N) is 1. The predicted octanol–water partition coefficient (Wildman–Crippen LogP) is 3.69. The lowest BCUT2D eigenvalue weighted by atomic mass is 10.0. The average molecular weight is 428 g/mol. The van der Waals surface area contributed by atoms with E-state index >= 15 is 0 Å². The number of carboxylic acids is 1. The maximum Gasteiger partial charge on any atom is 0.335 e. The Labute approximate surface area is 175 Å². The van der Waals surface area contributed by atoms with Crippen molar-refractivity contribution < 1.29 is 27.8 Å². The number of ether oxygens (including phenoxy) is 1. The highest BCUT2D eigenvalue weighted by atomic mass is 19.1. The summed E-state index contributed by atoms with van der Waals surface area (Å²) in [6.07, 6.45) is 0. The molecular formula is C22H18F2N2O5. The van der Waals surface area contributed by atoms with Crippen molar-refractivity contribution in [2.45, 2.75) is 0 Å². The normalized spacial score (nSPS) is 13.9. The van der Waals surface area contributed by atoms with Gasteiger partial charge in [0.25, 0.3) is 0 Å². The van der Waals surface area contributed by atoms with Crippen molar-refractivity contribution >= 4 is 34.2 Å². The molecule has 31 heavy (non-hydrogen) atoms. The number of carbonyl (C=O) groups is 1. The van der Waals surface area contributed by atoms with E-state index in [0.29, 0.717) is 32.2 Å². The molecule has 0 unspecified atom stereocenters. The van der Waals surface area contributed by atoms with Gasteiger partial charge in [-0.05, 0) is 24.3 Å². The second-order valence-corrected chi connectivity index (χ2v) is 7.02. The fraction of sp³-hybridized carbons (Fsp3) is 0.182. The topological polar surface area (TPSA) is 92.0 Å². The van der Waals surface area contributed by atoms with Crippen molar-refractivity contribution in [3.05, 3.63) is 76.0 Å². The van der Waals surface area contributed by atoms with Gasteiger partial charge in [0.2, 0.25) is 0 Å². The van der Waals surface area contributed by atoms with Crippen LogP contribution in [0.15, 0.2) is 52.2 Å². The third kappa shape index (κ3) is 4.26. The maximum atomic E-state index is 13.6. The molecule has 0 bridgehead atoms. The van der Waals surface area contributed by atoms with E-state index in [4.69, 9.17) is 9.15 Å². The quantitative estimate of drug-likeness (QED) is 0.640. The van der Waals surface area contributed by atoms with Gasteiger partial charge >= 0.3 is 5.97 Å². The van der Waals surface area contributed by atoms with Gasteiger partial charge < -0.3 is 24.5 Å². The lowest BCUT2D eigenvalue weighted by Gasteiger charge is -2.27. The summed E-state index contributed by atoms with van der Waals surface area (Å²) in [5.74, 6) is -2.51. The summed E-state index contributed by atoms with van der Waals surface area (Å²) in [5, 5.41) is 12.3. The Hall–Kier alpha value is -3.72. The fourth-order valence-electron chi connectivity index (χ4n) is 3.40. The molecule has 2 aromatic carbocycles. The van der Waals surface area contributed by atoms with E-state index in [1.54, 1.807) is 0 Å². The Bertz CT molecular complexity index is 1230. The van der Waals surface area contributed by atoms with Gasteiger partial charge in [0.15, 0.2) is 11.3 Å². The molecule has 0 radical (unpaired) electrons. The first-order valence-corrected chi connectivity index (χ1v) is 9.42. The summed E-state index contributed by atoms with van der Waals surface area (Å²) in [7, 11) is 0. The zero-order chi connectivity index (χ0) is 22.1. The molecule has 1 aromatic heterocycles. The van der Waals surface area contributed by atoms with E-state index in [1.165, 1.54) is 18.2 Å². The molecule has 1 aliphatic rings. The van der Waals surface area contributed by atoms with E-state index in [1.807, 2.05) is 4.90 Å². The molecule has 9 heteroatoms. The molecule has 2 heterocycles. The number of halogens is 2. The van der Waals surface area contributed by atoms with E-state index in [-0.39, 0.29) is 33.5 Å². The Morgan fingerprint density at radius 3 is 2.39 bits per heavy atom. The number of morpholine rings is 1. The van der Waals surface area contributed by atoms with Crippen LogP contribution in [0.3, 0.4) is 0 Å². The van der Waals surface area contributed by atoms with Crippen molar-refractivity contribution in [3.63, 3.8) is 0 Å². The summed E-state index contributed by atoms with van der Waals surface area (Å²) in [6.45, 7) is 5.87. The molecule has 1 fully saturated rings. The van der Waals surface area contributed by atoms with Crippen LogP contribution in [0.1, 0.15) is 15.9 Å². The van der Waals surface area contributed by atoms with Crippen molar-refractivity contribution in [3.8, 4) is 0 Å². The Morgan fingerprint density at radius 1 is 1.06 bits per heavy atom. The number of carboxylic acid groups (broad SMARTS) is 1. The molecule has 1 aliphatic heterocycles. The van der Waals surface area contributed by atoms with Crippen molar-refractivity contribution in [1.29, 1.82) is 0 Å². The molecule has 0 amide bonds. The molecule has 0 spiro atoms. The second kappa shape index (κ2) is 8.19. The Balaban J connectivity index is 1.84. The molecule has 4 rings (SSSR count). The number of aromatic carboxylic acids is 1. The molecule has 0 atom stereocenters. The maximum absolute atomic E-state index is 13.6. The summed E-state index contributed by atoms with van der Waals surface area (Å²) >= 11 is 0. The lowest BCUT2D eigenvalue weighted by Crippen LogP contribution is -2.36. The minimum absolute atomic E-state index is 0.0558. The minimum atomic E-state index is -1.25.